The first kappa shape index (κ1) is 21.3. The molecule has 1 saturated heterocycles. The van der Waals surface area contributed by atoms with Crippen molar-refractivity contribution < 1.29 is 13.9 Å². The zero-order valence-electron chi connectivity index (χ0n) is 19.3. The normalized spacial score (nSPS) is 16.6. The van der Waals surface area contributed by atoms with Gasteiger partial charge in [-0.2, -0.15) is 0 Å². The number of anilines is 1. The molecule has 33 heavy (non-hydrogen) atoms. The number of oxazole rings is 1. The highest BCUT2D eigenvalue weighted by Crippen LogP contribution is 2.34. The lowest BCUT2D eigenvalue weighted by molar-refractivity contribution is -0.134. The van der Waals surface area contributed by atoms with Crippen molar-refractivity contribution in [3.05, 3.63) is 54.1 Å². The van der Waals surface area contributed by atoms with Gasteiger partial charge in [-0.25, -0.2) is 9.97 Å². The van der Waals surface area contributed by atoms with Crippen molar-refractivity contribution >= 4 is 17.7 Å². The minimum atomic E-state index is -0.246. The number of imidazole rings is 1. The molecule has 8 heteroatoms. The van der Waals surface area contributed by atoms with Crippen LogP contribution in [-0.4, -0.2) is 58.6 Å². The van der Waals surface area contributed by atoms with Gasteiger partial charge in [0.05, 0.1) is 30.9 Å². The second-order valence-electron chi connectivity index (χ2n) is 8.54. The van der Waals surface area contributed by atoms with Crippen LogP contribution in [-0.2, 0) is 11.2 Å². The summed E-state index contributed by atoms with van der Waals surface area (Å²) in [5, 5.41) is 0. The van der Waals surface area contributed by atoms with Crippen LogP contribution in [0.1, 0.15) is 36.7 Å². The Morgan fingerprint density at radius 2 is 2.00 bits per heavy atom. The van der Waals surface area contributed by atoms with Gasteiger partial charge in [0.2, 0.25) is 5.91 Å². The Morgan fingerprint density at radius 1 is 1.18 bits per heavy atom. The Kier molecular flexibility index (Phi) is 5.66. The van der Waals surface area contributed by atoms with Gasteiger partial charge in [0.25, 0.3) is 0 Å². The smallest absolute Gasteiger partial charge is 0.245 e. The van der Waals surface area contributed by atoms with E-state index in [9.17, 15) is 4.79 Å². The lowest BCUT2D eigenvalue weighted by Crippen LogP contribution is -2.50. The van der Waals surface area contributed by atoms with E-state index in [2.05, 4.69) is 33.1 Å². The second kappa shape index (κ2) is 8.77. The molecule has 172 valence electrons. The summed E-state index contributed by atoms with van der Waals surface area (Å²) in [6.07, 6.45) is 9.64. The second-order valence-corrected chi connectivity index (χ2v) is 8.54. The molecule has 1 atom stereocenters. The number of hydrogen-bond donors (Lipinski definition) is 0. The van der Waals surface area contributed by atoms with Gasteiger partial charge in [0.1, 0.15) is 11.8 Å². The number of rotatable bonds is 5. The predicted octanol–water partition coefficient (Wildman–Crippen LogP) is 3.72. The average Bonchev–Trinajstić information content (AvgIpc) is 3.49. The number of allylic oxidation sites excluding steroid dienone is 1. The number of amides is 1. The van der Waals surface area contributed by atoms with Crippen molar-refractivity contribution in [3.63, 3.8) is 0 Å². The highest BCUT2D eigenvalue weighted by Gasteiger charge is 2.28. The van der Waals surface area contributed by atoms with Gasteiger partial charge >= 0.3 is 0 Å². The number of fused-ring (bicyclic) bond motifs is 1. The van der Waals surface area contributed by atoms with Gasteiger partial charge in [-0.1, -0.05) is 6.08 Å². The SMILES string of the molecule is COc1cc(N2CCN(C(=O)C(C)n3cnc4c3CCC=C4)CC2)ccc1-c1cnc(C)o1. The van der Waals surface area contributed by atoms with E-state index >= 15 is 0 Å². The van der Waals surface area contributed by atoms with E-state index in [4.69, 9.17) is 9.15 Å². The maximum Gasteiger partial charge on any atom is 0.245 e. The summed E-state index contributed by atoms with van der Waals surface area (Å²) in [6, 6.07) is 5.85. The molecule has 1 aliphatic heterocycles. The number of hydrogen-bond acceptors (Lipinski definition) is 6. The molecular formula is C25H29N5O3. The number of methoxy groups -OCH3 is 1. The van der Waals surface area contributed by atoms with Crippen LogP contribution >= 0.6 is 0 Å². The number of nitrogens with zero attached hydrogens (tertiary/aromatic N) is 5. The zero-order chi connectivity index (χ0) is 22.9. The monoisotopic (exact) mass is 447 g/mol. The summed E-state index contributed by atoms with van der Waals surface area (Å²) in [5.74, 6) is 2.21. The van der Waals surface area contributed by atoms with Gasteiger partial charge in [0, 0.05) is 50.6 Å². The lowest BCUT2D eigenvalue weighted by atomic mass is 10.1. The minimum Gasteiger partial charge on any atom is -0.496 e. The molecule has 0 N–H and O–H groups in total. The highest BCUT2D eigenvalue weighted by atomic mass is 16.5. The minimum absolute atomic E-state index is 0.151. The fraction of sp³-hybridized carbons (Fsp3) is 0.400. The topological polar surface area (TPSA) is 76.6 Å². The third-order valence-corrected chi connectivity index (χ3v) is 6.56. The van der Waals surface area contributed by atoms with Crippen LogP contribution < -0.4 is 9.64 Å². The van der Waals surface area contributed by atoms with Crippen molar-refractivity contribution in [2.45, 2.75) is 32.7 Å². The Balaban J connectivity index is 1.26. The number of ether oxygens (including phenoxy) is 1. The summed E-state index contributed by atoms with van der Waals surface area (Å²) in [7, 11) is 1.66. The summed E-state index contributed by atoms with van der Waals surface area (Å²) in [5.41, 5.74) is 4.10. The van der Waals surface area contributed by atoms with Gasteiger partial charge in [-0.05, 0) is 38.0 Å². The molecule has 1 aromatic carbocycles. The molecule has 1 unspecified atom stereocenters. The van der Waals surface area contributed by atoms with E-state index in [1.807, 2.05) is 41.8 Å². The van der Waals surface area contributed by atoms with Gasteiger partial charge in [-0.15, -0.1) is 0 Å². The van der Waals surface area contributed by atoms with Gasteiger partial charge in [-0.3, -0.25) is 4.79 Å². The first-order chi connectivity index (χ1) is 16.0. The van der Waals surface area contributed by atoms with E-state index in [0.717, 1.165) is 54.3 Å². The van der Waals surface area contributed by atoms with Gasteiger partial charge in [0.15, 0.2) is 11.7 Å². The van der Waals surface area contributed by atoms with Crippen LogP contribution in [0.4, 0.5) is 5.69 Å². The molecule has 2 aromatic heterocycles. The molecule has 3 heterocycles. The number of benzene rings is 1. The Morgan fingerprint density at radius 3 is 2.73 bits per heavy atom. The molecule has 1 amide bonds. The molecule has 8 nitrogen and oxygen atoms in total. The number of piperazine rings is 1. The molecule has 0 radical (unpaired) electrons. The molecule has 0 spiro atoms. The van der Waals surface area contributed by atoms with Crippen molar-refractivity contribution in [3.8, 4) is 17.1 Å². The van der Waals surface area contributed by atoms with Crippen LogP contribution in [0.5, 0.6) is 5.75 Å². The Hall–Kier alpha value is -3.55. The molecule has 5 rings (SSSR count). The predicted molar refractivity (Wildman–Crippen MR) is 126 cm³/mol. The fourth-order valence-electron chi connectivity index (χ4n) is 4.68. The van der Waals surface area contributed by atoms with Crippen molar-refractivity contribution in [2.24, 2.45) is 0 Å². The first-order valence-corrected chi connectivity index (χ1v) is 11.4. The van der Waals surface area contributed by atoms with Crippen LogP contribution in [0.15, 0.2) is 41.2 Å². The third-order valence-electron chi connectivity index (χ3n) is 6.56. The van der Waals surface area contributed by atoms with E-state index in [0.29, 0.717) is 24.7 Å². The van der Waals surface area contributed by atoms with E-state index in [1.54, 1.807) is 13.3 Å². The van der Waals surface area contributed by atoms with Crippen molar-refractivity contribution in [1.29, 1.82) is 0 Å². The molecule has 0 saturated carbocycles. The largest absolute Gasteiger partial charge is 0.496 e. The lowest BCUT2D eigenvalue weighted by Gasteiger charge is -2.37. The van der Waals surface area contributed by atoms with Crippen LogP contribution in [0, 0.1) is 6.92 Å². The number of carbonyl (C=O) groups is 1. The third kappa shape index (κ3) is 4.01. The molecule has 0 bridgehead atoms. The standard InChI is InChI=1S/C25H29N5O3/c1-17(30-16-27-21-6-4-5-7-22(21)30)25(31)29-12-10-28(11-13-29)19-8-9-20(23(14-19)32-3)24-15-26-18(2)33-24/h4,6,8-9,14-17H,5,7,10-13H2,1-3H3. The maximum absolute atomic E-state index is 13.2. The van der Waals surface area contributed by atoms with Crippen LogP contribution in [0.3, 0.4) is 0 Å². The highest BCUT2D eigenvalue weighted by molar-refractivity contribution is 5.81. The Bertz CT molecular complexity index is 1190. The van der Waals surface area contributed by atoms with E-state index in [1.165, 1.54) is 0 Å². The van der Waals surface area contributed by atoms with Crippen molar-refractivity contribution in [1.82, 2.24) is 19.4 Å². The van der Waals surface area contributed by atoms with Crippen molar-refractivity contribution in [2.75, 3.05) is 38.2 Å². The summed E-state index contributed by atoms with van der Waals surface area (Å²) in [6.45, 7) is 6.71. The van der Waals surface area contributed by atoms with Crippen LogP contribution in [0.25, 0.3) is 17.4 Å². The number of aryl methyl sites for hydroxylation is 1. The van der Waals surface area contributed by atoms with E-state index in [-0.39, 0.29) is 11.9 Å². The van der Waals surface area contributed by atoms with E-state index < -0.39 is 0 Å². The maximum atomic E-state index is 13.2. The number of carbonyl (C=O) groups excluding carboxylic acids is 1. The first-order valence-electron chi connectivity index (χ1n) is 11.4. The summed E-state index contributed by atoms with van der Waals surface area (Å²) >= 11 is 0. The molecule has 2 aliphatic rings. The molecular weight excluding hydrogens is 418 g/mol. The summed E-state index contributed by atoms with van der Waals surface area (Å²) in [4.78, 5) is 26.2. The van der Waals surface area contributed by atoms with Gasteiger partial charge < -0.3 is 23.5 Å². The van der Waals surface area contributed by atoms with Crippen LogP contribution in [0.2, 0.25) is 0 Å². The molecule has 3 aromatic rings. The average molecular weight is 448 g/mol. The Labute approximate surface area is 193 Å². The zero-order valence-corrected chi connectivity index (χ0v) is 19.3. The molecule has 1 aliphatic carbocycles. The number of aromatic nitrogens is 3. The fourth-order valence-corrected chi connectivity index (χ4v) is 4.68. The summed E-state index contributed by atoms with van der Waals surface area (Å²) < 4.78 is 13.3. The molecule has 1 fully saturated rings. The quantitative estimate of drug-likeness (QED) is 0.593.